The Morgan fingerprint density at radius 1 is 1.24 bits per heavy atom. The molecule has 0 saturated carbocycles. The van der Waals surface area contributed by atoms with Crippen LogP contribution in [0.15, 0.2) is 28.1 Å². The largest absolute Gasteiger partial charge is 0.495 e. The number of ether oxygens (including phenoxy) is 1. The second-order valence-electron chi connectivity index (χ2n) is 6.50. The van der Waals surface area contributed by atoms with Gasteiger partial charge in [0.1, 0.15) is 15.9 Å². The number of hydrogen-bond acceptors (Lipinski definition) is 7. The van der Waals surface area contributed by atoms with E-state index in [0.29, 0.717) is 18.9 Å². The lowest BCUT2D eigenvalue weighted by Gasteiger charge is -2.30. The Bertz CT molecular complexity index is 922. The molecule has 0 N–H and O–H groups in total. The summed E-state index contributed by atoms with van der Waals surface area (Å²) in [6, 6.07) is 4.29. The molecule has 1 fully saturated rings. The van der Waals surface area contributed by atoms with Crippen molar-refractivity contribution in [3.8, 4) is 5.75 Å². The molecule has 7 nitrogen and oxygen atoms in total. The zero-order chi connectivity index (χ0) is 18.4. The van der Waals surface area contributed by atoms with Crippen molar-refractivity contribution in [3.63, 3.8) is 0 Å². The Kier molecular flexibility index (Phi) is 4.57. The first kappa shape index (κ1) is 18.2. The number of aliphatic imine (C=N–C) groups is 1. The Morgan fingerprint density at radius 2 is 1.96 bits per heavy atom. The molecular weight excluding hydrogens is 364 g/mol. The average Bonchev–Trinajstić information content (AvgIpc) is 3.10. The van der Waals surface area contributed by atoms with E-state index in [1.807, 2.05) is 4.90 Å². The highest BCUT2D eigenvalue weighted by atomic mass is 32.2. The zero-order valence-corrected chi connectivity index (χ0v) is 16.1. The summed E-state index contributed by atoms with van der Waals surface area (Å²) in [5.74, 6) is 0.387. The summed E-state index contributed by atoms with van der Waals surface area (Å²) < 4.78 is 56.4. The molecule has 0 spiro atoms. The van der Waals surface area contributed by atoms with Crippen LogP contribution in [0.4, 0.5) is 0 Å². The number of hydrogen-bond donors (Lipinski definition) is 0. The van der Waals surface area contributed by atoms with Crippen LogP contribution in [0.5, 0.6) is 5.75 Å². The van der Waals surface area contributed by atoms with Gasteiger partial charge in [0, 0.05) is 6.54 Å². The maximum Gasteiger partial charge on any atom is 0.187 e. The standard InChI is InChI=1S/C16H22N2O5S2/c1-11-4-5-14(23-3)15(8-11)25(21,22)16-10-24(19,20)9-13(16)18-7-6-17-12(18)2/h4-5,8,13,16H,6-7,9-10H2,1-3H3/t13-,16-/m0/s1. The fourth-order valence-corrected chi connectivity index (χ4v) is 8.55. The predicted octanol–water partition coefficient (Wildman–Crippen LogP) is 0.677. The third kappa shape index (κ3) is 3.27. The molecule has 2 aliphatic heterocycles. The van der Waals surface area contributed by atoms with Crippen molar-refractivity contribution in [2.45, 2.75) is 30.0 Å². The normalized spacial score (nSPS) is 25.9. The van der Waals surface area contributed by atoms with E-state index >= 15 is 0 Å². The van der Waals surface area contributed by atoms with Gasteiger partial charge in [0.25, 0.3) is 0 Å². The minimum atomic E-state index is -3.89. The maximum absolute atomic E-state index is 13.3. The highest BCUT2D eigenvalue weighted by Crippen LogP contribution is 2.34. The van der Waals surface area contributed by atoms with Gasteiger partial charge < -0.3 is 9.64 Å². The topological polar surface area (TPSA) is 93.1 Å². The van der Waals surface area contributed by atoms with Crippen molar-refractivity contribution in [3.05, 3.63) is 23.8 Å². The molecule has 2 heterocycles. The fraction of sp³-hybridized carbons (Fsp3) is 0.562. The first-order valence-corrected chi connectivity index (χ1v) is 11.4. The number of sulfone groups is 2. The first-order valence-electron chi connectivity index (χ1n) is 8.02. The van der Waals surface area contributed by atoms with Crippen LogP contribution in [0, 0.1) is 6.92 Å². The maximum atomic E-state index is 13.3. The van der Waals surface area contributed by atoms with Crippen molar-refractivity contribution >= 4 is 25.5 Å². The third-order valence-electron chi connectivity index (χ3n) is 4.79. The van der Waals surface area contributed by atoms with Gasteiger partial charge in [0.2, 0.25) is 0 Å². The summed E-state index contributed by atoms with van der Waals surface area (Å²) >= 11 is 0. The van der Waals surface area contributed by atoms with E-state index in [1.54, 1.807) is 32.0 Å². The average molecular weight is 386 g/mol. The third-order valence-corrected chi connectivity index (χ3v) is 8.93. The van der Waals surface area contributed by atoms with Crippen LogP contribution in [-0.4, -0.2) is 70.6 Å². The van der Waals surface area contributed by atoms with Gasteiger partial charge in [0.05, 0.1) is 37.0 Å². The zero-order valence-electron chi connectivity index (χ0n) is 14.5. The molecule has 9 heteroatoms. The van der Waals surface area contributed by atoms with Crippen molar-refractivity contribution in [2.75, 3.05) is 31.7 Å². The molecule has 2 atom stereocenters. The lowest BCUT2D eigenvalue weighted by Crippen LogP contribution is -2.47. The highest BCUT2D eigenvalue weighted by Gasteiger charge is 2.49. The quantitative estimate of drug-likeness (QED) is 0.755. The Hall–Kier alpha value is -1.61. The number of benzene rings is 1. The van der Waals surface area contributed by atoms with Crippen molar-refractivity contribution in [2.24, 2.45) is 4.99 Å². The summed E-state index contributed by atoms with van der Waals surface area (Å²) in [5.41, 5.74) is 0.774. The molecule has 138 valence electrons. The number of amidine groups is 1. The van der Waals surface area contributed by atoms with Gasteiger partial charge in [-0.2, -0.15) is 0 Å². The second-order valence-corrected chi connectivity index (χ2v) is 10.8. The number of nitrogens with zero attached hydrogens (tertiary/aromatic N) is 2. The van der Waals surface area contributed by atoms with Gasteiger partial charge in [-0.25, -0.2) is 16.8 Å². The Morgan fingerprint density at radius 3 is 2.56 bits per heavy atom. The van der Waals surface area contributed by atoms with Crippen molar-refractivity contribution < 1.29 is 21.6 Å². The highest BCUT2D eigenvalue weighted by molar-refractivity contribution is 7.96. The summed E-state index contributed by atoms with van der Waals surface area (Å²) in [6.07, 6.45) is 0. The molecule has 0 amide bonds. The van der Waals surface area contributed by atoms with Crippen LogP contribution in [0.1, 0.15) is 12.5 Å². The summed E-state index contributed by atoms with van der Waals surface area (Å²) in [4.78, 5) is 6.14. The molecular formula is C16H22N2O5S2. The summed E-state index contributed by atoms with van der Waals surface area (Å²) in [6.45, 7) is 4.68. The van der Waals surface area contributed by atoms with Crippen molar-refractivity contribution in [1.82, 2.24) is 4.90 Å². The van der Waals surface area contributed by atoms with Gasteiger partial charge in [-0.3, -0.25) is 4.99 Å². The van der Waals surface area contributed by atoms with Crippen LogP contribution in [0.3, 0.4) is 0 Å². The minimum Gasteiger partial charge on any atom is -0.495 e. The lowest BCUT2D eigenvalue weighted by atomic mass is 10.2. The molecule has 0 radical (unpaired) electrons. The number of aryl methyl sites for hydroxylation is 1. The molecule has 25 heavy (non-hydrogen) atoms. The summed E-state index contributed by atoms with van der Waals surface area (Å²) in [7, 11) is -5.92. The van der Waals surface area contributed by atoms with Gasteiger partial charge in [-0.05, 0) is 31.5 Å². The number of rotatable bonds is 4. The van der Waals surface area contributed by atoms with E-state index in [2.05, 4.69) is 4.99 Å². The monoisotopic (exact) mass is 386 g/mol. The fourth-order valence-electron chi connectivity index (χ4n) is 3.53. The molecule has 0 bridgehead atoms. The van der Waals surface area contributed by atoms with E-state index in [0.717, 1.165) is 5.56 Å². The van der Waals surface area contributed by atoms with Crippen LogP contribution >= 0.6 is 0 Å². The molecule has 2 aliphatic rings. The SMILES string of the molecule is COc1ccc(C)cc1S(=O)(=O)[C@H]1CS(=O)(=O)C[C@@H]1N1CCN=C1C. The van der Waals surface area contributed by atoms with Crippen LogP contribution < -0.4 is 4.74 Å². The van der Waals surface area contributed by atoms with Gasteiger partial charge >= 0.3 is 0 Å². The van der Waals surface area contributed by atoms with Crippen LogP contribution in [0.2, 0.25) is 0 Å². The molecule has 0 aliphatic carbocycles. The molecule has 1 aromatic carbocycles. The molecule has 1 saturated heterocycles. The number of methoxy groups -OCH3 is 1. The minimum absolute atomic E-state index is 0.0517. The van der Waals surface area contributed by atoms with Gasteiger partial charge in [0.15, 0.2) is 19.7 Å². The molecule has 0 aromatic heterocycles. The van der Waals surface area contributed by atoms with Crippen LogP contribution in [0.25, 0.3) is 0 Å². The molecule has 0 unspecified atom stereocenters. The second kappa shape index (κ2) is 6.28. The van der Waals surface area contributed by atoms with E-state index in [1.165, 1.54) is 7.11 Å². The predicted molar refractivity (Wildman–Crippen MR) is 95.8 cm³/mol. The van der Waals surface area contributed by atoms with Crippen molar-refractivity contribution in [1.29, 1.82) is 0 Å². The van der Waals surface area contributed by atoms with E-state index in [4.69, 9.17) is 4.74 Å². The van der Waals surface area contributed by atoms with Gasteiger partial charge in [-0.15, -0.1) is 0 Å². The summed E-state index contributed by atoms with van der Waals surface area (Å²) in [5, 5.41) is -1.03. The molecule has 3 rings (SSSR count). The smallest absolute Gasteiger partial charge is 0.187 e. The molecule has 1 aromatic rings. The van der Waals surface area contributed by atoms with E-state index < -0.39 is 31.0 Å². The van der Waals surface area contributed by atoms with Gasteiger partial charge in [-0.1, -0.05) is 6.07 Å². The Balaban J connectivity index is 2.08. The first-order chi connectivity index (χ1) is 11.7. The lowest BCUT2D eigenvalue weighted by molar-refractivity contribution is 0.358. The van der Waals surface area contributed by atoms with E-state index in [9.17, 15) is 16.8 Å². The Labute approximate surface area is 148 Å². The van der Waals surface area contributed by atoms with Crippen LogP contribution in [-0.2, 0) is 19.7 Å². The van der Waals surface area contributed by atoms with E-state index in [-0.39, 0.29) is 22.2 Å².